The van der Waals surface area contributed by atoms with E-state index in [9.17, 15) is 19.2 Å². The molecule has 0 bridgehead atoms. The summed E-state index contributed by atoms with van der Waals surface area (Å²) in [6, 6.07) is -3.12. The number of hydrogen-bond acceptors (Lipinski definition) is 18. The van der Waals surface area contributed by atoms with Gasteiger partial charge < -0.3 is 82.3 Å². The molecule has 15 atom stereocenters. The van der Waals surface area contributed by atoms with Crippen molar-refractivity contribution >= 4 is 23.9 Å². The van der Waals surface area contributed by atoms with Crippen LogP contribution in [-0.2, 0) is 80.7 Å². The van der Waals surface area contributed by atoms with Crippen molar-refractivity contribution in [2.45, 2.75) is 196 Å². The smallest absolute Gasteiger partial charge is 0.407 e. The number of esters is 1. The van der Waals surface area contributed by atoms with E-state index in [1.54, 1.807) is 62.3 Å². The first-order valence-electron chi connectivity index (χ1n) is 20.2. The molecule has 6 aliphatic rings. The first kappa shape index (κ1) is 46.7. The molecule has 0 saturated carbocycles. The summed E-state index contributed by atoms with van der Waals surface area (Å²) >= 11 is 0. The fourth-order valence-corrected chi connectivity index (χ4v) is 8.69. The Bertz CT molecular complexity index is 1570. The van der Waals surface area contributed by atoms with E-state index in [1.807, 2.05) is 0 Å². The molecule has 0 radical (unpaired) electrons. The van der Waals surface area contributed by atoms with Crippen LogP contribution in [0.15, 0.2) is 0 Å². The summed E-state index contributed by atoms with van der Waals surface area (Å²) in [5.74, 6) is -4.74. The van der Waals surface area contributed by atoms with Crippen molar-refractivity contribution in [2.24, 2.45) is 0 Å². The Morgan fingerprint density at radius 3 is 1.18 bits per heavy atom. The number of ether oxygens (including phenoxy) is 14. The molecule has 6 heterocycles. The van der Waals surface area contributed by atoms with Crippen molar-refractivity contribution in [1.29, 1.82) is 0 Å². The highest BCUT2D eigenvalue weighted by atomic mass is 16.9. The van der Waals surface area contributed by atoms with Crippen molar-refractivity contribution in [2.75, 3.05) is 28.4 Å². The summed E-state index contributed by atoms with van der Waals surface area (Å²) in [5.41, 5.74) is -0.862. The normalized spacial score (nSPS) is 37.4. The molecule has 3 N–H and O–H groups in total. The topological polar surface area (TPSA) is 234 Å². The van der Waals surface area contributed by atoms with E-state index < -0.39 is 139 Å². The van der Waals surface area contributed by atoms with E-state index in [4.69, 9.17) is 66.3 Å². The van der Waals surface area contributed by atoms with Crippen molar-refractivity contribution in [3.05, 3.63) is 0 Å². The maximum atomic E-state index is 14.3. The molecule has 6 saturated heterocycles. The third kappa shape index (κ3) is 10.5. The monoisotopic (exact) mass is 861 g/mol. The Morgan fingerprint density at radius 2 is 0.867 bits per heavy atom. The second-order valence-corrected chi connectivity index (χ2v) is 18.1. The summed E-state index contributed by atoms with van der Waals surface area (Å²) < 4.78 is 82.8. The Morgan fingerprint density at radius 1 is 0.533 bits per heavy atom. The van der Waals surface area contributed by atoms with Crippen LogP contribution in [0.1, 0.15) is 81.6 Å². The Kier molecular flexibility index (Phi) is 13.8. The number of fused-ring (bicyclic) bond motifs is 3. The molecule has 6 aliphatic heterocycles. The minimum Gasteiger partial charge on any atom is -0.469 e. The van der Waals surface area contributed by atoms with Gasteiger partial charge in [0, 0.05) is 34.2 Å². The predicted octanol–water partition coefficient (Wildman–Crippen LogP) is 0.867. The molecule has 342 valence electrons. The van der Waals surface area contributed by atoms with Crippen LogP contribution < -0.4 is 16.0 Å². The third-order valence-electron chi connectivity index (χ3n) is 10.9. The number of alkyl carbamates (subject to hydrolysis) is 1. The van der Waals surface area contributed by atoms with Gasteiger partial charge in [-0.25, -0.2) is 4.79 Å². The van der Waals surface area contributed by atoms with Gasteiger partial charge in [-0.2, -0.15) is 0 Å². The molecule has 0 aromatic heterocycles. The second-order valence-electron chi connectivity index (χ2n) is 18.1. The standard InChI is InChI=1S/C39H63N3O18/c1-36(2,3)60-35(46)42-18(24-27(49-12)30-33(52-24)58-38(6,7)55-30)15-21(44)40-17(23-26(48-11)29-32(51-23)57-37(4,5)54-29)14-20(43)41-19(16-22(45)47-10)25-28(50-13)31-34(53-25)59-39(8,9)56-31/h17-19,23-34H,14-16H2,1-13H3,(H,40,44)(H,41,43)(H,42,46)/t17?,18?,19?,23-,24-,25-,26+,27+,28+,29-,30-,31-,32-,33-,34-/m1/s1. The highest BCUT2D eigenvalue weighted by Gasteiger charge is 2.60. The Labute approximate surface area is 349 Å². The number of hydrogen-bond donors (Lipinski definition) is 3. The average Bonchev–Trinajstić information content (AvgIpc) is 3.92. The molecular formula is C39H63N3O18. The zero-order valence-electron chi connectivity index (χ0n) is 36.6. The van der Waals surface area contributed by atoms with Gasteiger partial charge >= 0.3 is 12.1 Å². The van der Waals surface area contributed by atoms with Crippen LogP contribution >= 0.6 is 0 Å². The van der Waals surface area contributed by atoms with Gasteiger partial charge in [0.25, 0.3) is 0 Å². The number of amides is 3. The van der Waals surface area contributed by atoms with Crippen LogP contribution in [0.2, 0.25) is 0 Å². The molecule has 3 amide bonds. The lowest BCUT2D eigenvalue weighted by molar-refractivity contribution is -0.221. The van der Waals surface area contributed by atoms with Crippen molar-refractivity contribution in [1.82, 2.24) is 16.0 Å². The molecular weight excluding hydrogens is 798 g/mol. The van der Waals surface area contributed by atoms with Gasteiger partial charge in [-0.1, -0.05) is 0 Å². The minimum absolute atomic E-state index is 0.291. The molecule has 0 aromatic carbocycles. The first-order chi connectivity index (χ1) is 28.0. The lowest BCUT2D eigenvalue weighted by Crippen LogP contribution is -2.56. The Hall–Kier alpha value is -2.80. The van der Waals surface area contributed by atoms with E-state index in [0.29, 0.717) is 0 Å². The van der Waals surface area contributed by atoms with Crippen LogP contribution in [0.25, 0.3) is 0 Å². The van der Waals surface area contributed by atoms with Crippen molar-refractivity contribution in [3.8, 4) is 0 Å². The maximum absolute atomic E-state index is 14.3. The van der Waals surface area contributed by atoms with Gasteiger partial charge in [0.1, 0.15) is 60.5 Å². The zero-order valence-corrected chi connectivity index (χ0v) is 36.6. The average molecular weight is 862 g/mol. The molecule has 21 heteroatoms. The van der Waals surface area contributed by atoms with Crippen molar-refractivity contribution in [3.63, 3.8) is 0 Å². The fraction of sp³-hybridized carbons (Fsp3) is 0.897. The molecule has 0 aromatic rings. The molecule has 3 unspecified atom stereocenters. The molecule has 0 aliphatic carbocycles. The van der Waals surface area contributed by atoms with Crippen LogP contribution in [0.3, 0.4) is 0 Å². The predicted molar refractivity (Wildman–Crippen MR) is 201 cm³/mol. The van der Waals surface area contributed by atoms with E-state index in [-0.39, 0.29) is 19.3 Å². The zero-order chi connectivity index (χ0) is 44.1. The number of carbonyl (C=O) groups excluding carboxylic acids is 4. The van der Waals surface area contributed by atoms with E-state index in [2.05, 4.69) is 16.0 Å². The summed E-state index contributed by atoms with van der Waals surface area (Å²) in [7, 11) is 5.62. The van der Waals surface area contributed by atoms with Crippen LogP contribution in [-0.4, -0.2) is 167 Å². The molecule has 6 rings (SSSR count). The summed E-state index contributed by atoms with van der Waals surface area (Å²) in [4.78, 5) is 54.4. The summed E-state index contributed by atoms with van der Waals surface area (Å²) in [5, 5.41) is 8.61. The number of rotatable bonds is 15. The highest BCUT2D eigenvalue weighted by Crippen LogP contribution is 2.43. The van der Waals surface area contributed by atoms with E-state index >= 15 is 0 Å². The summed E-state index contributed by atoms with van der Waals surface area (Å²) in [6.45, 7) is 15.5. The van der Waals surface area contributed by atoms with Gasteiger partial charge in [0.05, 0.1) is 31.7 Å². The van der Waals surface area contributed by atoms with Crippen LogP contribution in [0, 0.1) is 0 Å². The number of nitrogens with one attached hydrogen (secondary N) is 3. The molecule has 60 heavy (non-hydrogen) atoms. The van der Waals surface area contributed by atoms with Gasteiger partial charge in [-0.05, 0) is 62.3 Å². The lowest BCUT2D eigenvalue weighted by Gasteiger charge is -2.34. The fourth-order valence-electron chi connectivity index (χ4n) is 8.69. The minimum atomic E-state index is -1.09. The molecule has 6 fully saturated rings. The quantitative estimate of drug-likeness (QED) is 0.194. The largest absolute Gasteiger partial charge is 0.469 e. The highest BCUT2D eigenvalue weighted by molar-refractivity contribution is 5.81. The molecule has 21 nitrogen and oxygen atoms in total. The van der Waals surface area contributed by atoms with Gasteiger partial charge in [0.2, 0.25) is 11.8 Å². The van der Waals surface area contributed by atoms with E-state index in [1.165, 1.54) is 28.4 Å². The Balaban J connectivity index is 1.24. The number of carbonyl (C=O) groups is 4. The maximum Gasteiger partial charge on any atom is 0.407 e. The van der Waals surface area contributed by atoms with Crippen LogP contribution in [0.4, 0.5) is 4.79 Å². The van der Waals surface area contributed by atoms with Gasteiger partial charge in [0.15, 0.2) is 36.2 Å². The SMILES string of the molecule is COC(=O)CC(NC(=O)CC(NC(=O)CC(NC(=O)OC(C)(C)C)[C@H]1O[C@@H]2OC(C)(C)O[C@@H]2[C@H]1OC)[C@H]1O[C@@H]2OC(C)(C)O[C@@H]2[C@H]1OC)[C@H]1O[C@@H]2OC(C)(C)O[C@@H]2[C@H]1OC. The van der Waals surface area contributed by atoms with Crippen molar-refractivity contribution < 1.29 is 85.5 Å². The molecule has 0 spiro atoms. The third-order valence-corrected chi connectivity index (χ3v) is 10.9. The summed E-state index contributed by atoms with van der Waals surface area (Å²) in [6.07, 6.45) is -11.6. The first-order valence-corrected chi connectivity index (χ1v) is 20.2. The second kappa shape index (κ2) is 17.8. The van der Waals surface area contributed by atoms with Crippen LogP contribution in [0.5, 0.6) is 0 Å². The van der Waals surface area contributed by atoms with E-state index in [0.717, 1.165) is 0 Å². The lowest BCUT2D eigenvalue weighted by atomic mass is 9.97. The van der Waals surface area contributed by atoms with Gasteiger partial charge in [-0.15, -0.1) is 0 Å². The van der Waals surface area contributed by atoms with Gasteiger partial charge in [-0.3, -0.25) is 14.4 Å². The number of methoxy groups -OCH3 is 4.